The zero-order chi connectivity index (χ0) is 15.7. The van der Waals surface area contributed by atoms with E-state index in [1.54, 1.807) is 6.08 Å². The van der Waals surface area contributed by atoms with Crippen LogP contribution < -0.4 is 10.1 Å². The normalized spacial score (nSPS) is 14.9. The van der Waals surface area contributed by atoms with Crippen molar-refractivity contribution in [3.05, 3.63) is 56.7 Å². The molecule has 0 spiro atoms. The number of anilines is 1. The Morgan fingerprint density at radius 3 is 2.86 bits per heavy atom. The lowest BCUT2D eigenvalue weighted by atomic mass is 10.0. The molecule has 0 unspecified atom stereocenters. The molecule has 3 rings (SSSR count). The van der Waals surface area contributed by atoms with E-state index in [4.69, 9.17) is 9.84 Å². The molecule has 0 atom stereocenters. The first kappa shape index (κ1) is 15.1. The molecule has 112 valence electrons. The van der Waals surface area contributed by atoms with Crippen LogP contribution in [0.15, 0.2) is 36.4 Å². The summed E-state index contributed by atoms with van der Waals surface area (Å²) in [6.45, 7) is 1.54. The first-order valence-electron chi connectivity index (χ1n) is 6.76. The van der Waals surface area contributed by atoms with Gasteiger partial charge in [0.1, 0.15) is 5.75 Å². The number of aryl methyl sites for hydroxylation is 1. The number of carbonyl (C=O) groups excluding carboxylic acids is 1. The van der Waals surface area contributed by atoms with E-state index >= 15 is 0 Å². The highest BCUT2D eigenvalue weighted by Crippen LogP contribution is 2.35. The van der Waals surface area contributed by atoms with Gasteiger partial charge in [-0.3, -0.25) is 4.79 Å². The minimum absolute atomic E-state index is 0.132. The molecule has 5 heteroatoms. The molecule has 0 aliphatic carbocycles. The number of amides is 1. The van der Waals surface area contributed by atoms with Crippen LogP contribution in [0.2, 0.25) is 0 Å². The number of ether oxygens (including phenoxy) is 1. The van der Waals surface area contributed by atoms with Crippen LogP contribution >= 0.6 is 22.6 Å². The Hall–Kier alpha value is -1.86. The van der Waals surface area contributed by atoms with Crippen LogP contribution in [0.3, 0.4) is 0 Å². The largest absolute Gasteiger partial charge is 0.467 e. The van der Waals surface area contributed by atoms with E-state index in [0.717, 1.165) is 25.9 Å². The fourth-order valence-electron chi connectivity index (χ4n) is 2.41. The lowest BCUT2D eigenvalue weighted by molar-refractivity contribution is -0.110. The maximum Gasteiger partial charge on any atom is 0.256 e. The Morgan fingerprint density at radius 2 is 2.09 bits per heavy atom. The van der Waals surface area contributed by atoms with Crippen LogP contribution in [-0.2, 0) is 4.79 Å². The molecule has 1 amide bonds. The Labute approximate surface area is 141 Å². The van der Waals surface area contributed by atoms with E-state index in [9.17, 15) is 4.79 Å². The third kappa shape index (κ3) is 2.86. The molecular formula is C17H14INO3. The third-order valence-electron chi connectivity index (χ3n) is 3.45. The smallest absolute Gasteiger partial charge is 0.256 e. The quantitative estimate of drug-likeness (QED) is 0.466. The van der Waals surface area contributed by atoms with Gasteiger partial charge in [0.2, 0.25) is 0 Å². The number of carbonyl (C=O) groups is 1. The second-order valence-electron chi connectivity index (χ2n) is 5.02. The molecular weight excluding hydrogens is 393 g/mol. The number of hydrogen-bond donors (Lipinski definition) is 2. The highest BCUT2D eigenvalue weighted by atomic mass is 127. The van der Waals surface area contributed by atoms with Crippen LogP contribution in [0.4, 0.5) is 5.69 Å². The van der Waals surface area contributed by atoms with Gasteiger partial charge in [-0.25, -0.2) is 0 Å². The number of halogens is 1. The minimum atomic E-state index is -0.402. The highest BCUT2D eigenvalue weighted by molar-refractivity contribution is 14.1. The molecule has 0 saturated carbocycles. The fraction of sp³-hybridized carbons (Fsp3) is 0.118. The van der Waals surface area contributed by atoms with Crippen molar-refractivity contribution in [3.8, 4) is 5.75 Å². The summed E-state index contributed by atoms with van der Waals surface area (Å²) < 4.78 is 6.32. The molecule has 0 saturated heterocycles. The van der Waals surface area contributed by atoms with E-state index in [2.05, 4.69) is 27.9 Å². The van der Waals surface area contributed by atoms with Crippen molar-refractivity contribution >= 4 is 45.8 Å². The molecule has 1 aliphatic heterocycles. The summed E-state index contributed by atoms with van der Waals surface area (Å²) in [6.07, 6.45) is 1.79. The van der Waals surface area contributed by atoms with Crippen molar-refractivity contribution < 1.29 is 14.6 Å². The zero-order valence-electron chi connectivity index (χ0n) is 11.9. The van der Waals surface area contributed by atoms with Gasteiger partial charge in [-0.05, 0) is 65.4 Å². The SMILES string of the molecule is Cc1ccc(C=C2C(=O)Nc3ccc(I)cc32)c(OCO)c1. The highest BCUT2D eigenvalue weighted by Gasteiger charge is 2.24. The van der Waals surface area contributed by atoms with Crippen molar-refractivity contribution in [3.63, 3.8) is 0 Å². The zero-order valence-corrected chi connectivity index (χ0v) is 14.0. The van der Waals surface area contributed by atoms with Crippen LogP contribution in [0.25, 0.3) is 11.6 Å². The standard InChI is InChI=1S/C17H14INO3/c1-10-2-3-11(16(6-10)22-9-20)7-14-13-8-12(18)4-5-15(13)19-17(14)21/h2-8,20H,9H2,1H3,(H,19,21). The van der Waals surface area contributed by atoms with Crippen LogP contribution in [-0.4, -0.2) is 17.8 Å². The lowest BCUT2D eigenvalue weighted by Crippen LogP contribution is -2.04. The average molecular weight is 407 g/mol. The van der Waals surface area contributed by atoms with Crippen molar-refractivity contribution in [1.82, 2.24) is 0 Å². The lowest BCUT2D eigenvalue weighted by Gasteiger charge is -2.08. The number of nitrogens with one attached hydrogen (secondary N) is 1. The molecule has 2 aromatic carbocycles. The van der Waals surface area contributed by atoms with Gasteiger partial charge in [-0.15, -0.1) is 0 Å². The summed E-state index contributed by atoms with van der Waals surface area (Å²) >= 11 is 2.22. The van der Waals surface area contributed by atoms with Gasteiger partial charge in [0.15, 0.2) is 6.79 Å². The van der Waals surface area contributed by atoms with Gasteiger partial charge in [0.05, 0.1) is 0 Å². The molecule has 4 nitrogen and oxygen atoms in total. The van der Waals surface area contributed by atoms with Gasteiger partial charge >= 0.3 is 0 Å². The van der Waals surface area contributed by atoms with E-state index in [0.29, 0.717) is 11.3 Å². The predicted molar refractivity (Wildman–Crippen MR) is 94.6 cm³/mol. The van der Waals surface area contributed by atoms with E-state index in [-0.39, 0.29) is 5.91 Å². The van der Waals surface area contributed by atoms with E-state index < -0.39 is 6.79 Å². The van der Waals surface area contributed by atoms with Crippen LogP contribution in [0.5, 0.6) is 5.75 Å². The topological polar surface area (TPSA) is 58.6 Å². The average Bonchev–Trinajstić information content (AvgIpc) is 2.78. The maximum absolute atomic E-state index is 12.2. The van der Waals surface area contributed by atoms with E-state index in [1.165, 1.54) is 0 Å². The summed E-state index contributed by atoms with van der Waals surface area (Å²) in [7, 11) is 0. The number of rotatable bonds is 3. The number of hydrogen-bond acceptors (Lipinski definition) is 3. The second kappa shape index (κ2) is 6.10. The summed E-state index contributed by atoms with van der Waals surface area (Å²) in [4.78, 5) is 12.2. The number of benzene rings is 2. The van der Waals surface area contributed by atoms with Gasteiger partial charge in [-0.2, -0.15) is 0 Å². The third-order valence-corrected chi connectivity index (χ3v) is 4.12. The molecule has 2 N–H and O–H groups in total. The summed E-state index contributed by atoms with van der Waals surface area (Å²) in [5, 5.41) is 11.9. The van der Waals surface area contributed by atoms with Gasteiger partial charge in [-0.1, -0.05) is 12.1 Å². The first-order valence-corrected chi connectivity index (χ1v) is 7.83. The Kier molecular flexibility index (Phi) is 4.17. The molecule has 1 aliphatic rings. The molecule has 0 aromatic heterocycles. The van der Waals surface area contributed by atoms with Crippen molar-refractivity contribution in [1.29, 1.82) is 0 Å². The monoisotopic (exact) mass is 407 g/mol. The molecule has 2 aromatic rings. The Morgan fingerprint density at radius 1 is 1.27 bits per heavy atom. The van der Waals surface area contributed by atoms with Gasteiger partial charge in [0.25, 0.3) is 5.91 Å². The summed E-state index contributed by atoms with van der Waals surface area (Å²) in [5.74, 6) is 0.425. The second-order valence-corrected chi connectivity index (χ2v) is 6.26. The Balaban J connectivity index is 2.10. The van der Waals surface area contributed by atoms with Gasteiger partial charge < -0.3 is 15.2 Å². The first-order chi connectivity index (χ1) is 10.6. The number of aliphatic hydroxyl groups is 1. The Bertz CT molecular complexity index is 783. The fourth-order valence-corrected chi connectivity index (χ4v) is 2.91. The molecule has 1 heterocycles. The van der Waals surface area contributed by atoms with Crippen molar-refractivity contribution in [2.45, 2.75) is 6.92 Å². The van der Waals surface area contributed by atoms with Crippen LogP contribution in [0, 0.1) is 10.5 Å². The number of aliphatic hydroxyl groups excluding tert-OH is 1. The molecule has 0 fully saturated rings. The van der Waals surface area contributed by atoms with Crippen LogP contribution in [0.1, 0.15) is 16.7 Å². The summed E-state index contributed by atoms with van der Waals surface area (Å²) in [6, 6.07) is 11.5. The summed E-state index contributed by atoms with van der Waals surface area (Å²) in [5.41, 5.74) is 4.08. The van der Waals surface area contributed by atoms with Gasteiger partial charge in [0, 0.05) is 26.0 Å². The molecule has 0 radical (unpaired) electrons. The number of fused-ring (bicyclic) bond motifs is 1. The molecule has 22 heavy (non-hydrogen) atoms. The van der Waals surface area contributed by atoms with Crippen molar-refractivity contribution in [2.75, 3.05) is 12.1 Å². The minimum Gasteiger partial charge on any atom is -0.467 e. The predicted octanol–water partition coefficient (Wildman–Crippen LogP) is 3.42. The maximum atomic E-state index is 12.2. The van der Waals surface area contributed by atoms with Crippen molar-refractivity contribution in [2.24, 2.45) is 0 Å². The van der Waals surface area contributed by atoms with E-state index in [1.807, 2.05) is 43.3 Å². The molecule has 0 bridgehead atoms.